The molecule has 63 heavy (non-hydrogen) atoms. The molecule has 0 aliphatic carbocycles. The summed E-state index contributed by atoms with van der Waals surface area (Å²) in [6.07, 6.45) is 0. The average molecular weight is 830 g/mol. The fourth-order valence-electron chi connectivity index (χ4n) is 8.53. The molecule has 0 bridgehead atoms. The highest BCUT2D eigenvalue weighted by molar-refractivity contribution is 5.95. The second kappa shape index (κ2) is 14.7. The van der Waals surface area contributed by atoms with Crippen molar-refractivity contribution in [2.75, 3.05) is 50.1 Å². The molecule has 0 amide bonds. The molecule has 0 aliphatic rings. The van der Waals surface area contributed by atoms with Gasteiger partial charge in [-0.2, -0.15) is 0 Å². The molecule has 0 N–H and O–H groups in total. The smallest absolute Gasteiger partial charge is 0.225 e. The van der Waals surface area contributed by atoms with Crippen molar-refractivity contribution in [1.82, 2.24) is 28.2 Å². The topological polar surface area (TPSA) is 89.3 Å². The van der Waals surface area contributed by atoms with Crippen molar-refractivity contribution in [1.29, 1.82) is 0 Å². The molecule has 0 aliphatic heterocycles. The third-order valence-corrected chi connectivity index (χ3v) is 12.0. The molecule has 0 radical (unpaired) electrons. The SMILES string of the molecule is COc1ccc(N(C)c2ccc3nc4n(c3c2)c2nc3ccc(N(c5ccc(C)cc5)c5ccc(OC)cc5)cc3n2c2nc3ccc(N(C)c5ccc(OC)cc5)cc3n42)cc1. The number of fused-ring (bicyclic) bond motifs is 12. The molecular weight excluding hydrogens is 787 g/mol. The lowest BCUT2D eigenvalue weighted by Gasteiger charge is -2.25. The molecule has 11 aromatic rings. The molecule has 4 heterocycles. The van der Waals surface area contributed by atoms with Gasteiger partial charge in [0, 0.05) is 53.9 Å². The number of anilines is 7. The molecule has 7 aromatic carbocycles. The van der Waals surface area contributed by atoms with Crippen molar-refractivity contribution in [3.63, 3.8) is 0 Å². The molecule has 0 atom stereocenters. The summed E-state index contributed by atoms with van der Waals surface area (Å²) in [6, 6.07) is 52.0. The van der Waals surface area contributed by atoms with E-state index in [-0.39, 0.29) is 0 Å². The number of benzene rings is 7. The van der Waals surface area contributed by atoms with Gasteiger partial charge in [0.05, 0.1) is 54.4 Å². The highest BCUT2D eigenvalue weighted by Gasteiger charge is 2.24. The van der Waals surface area contributed by atoms with Crippen LogP contribution in [0.15, 0.2) is 152 Å². The maximum Gasteiger partial charge on any atom is 0.225 e. The average Bonchev–Trinajstić information content (AvgIpc) is 4.03. The van der Waals surface area contributed by atoms with Crippen LogP contribution in [0.2, 0.25) is 0 Å². The minimum atomic E-state index is 0.702. The maximum absolute atomic E-state index is 5.54. The van der Waals surface area contributed by atoms with Crippen LogP contribution in [-0.4, -0.2) is 63.6 Å². The van der Waals surface area contributed by atoms with E-state index in [1.165, 1.54) is 5.56 Å². The first kappa shape index (κ1) is 37.7. The second-order valence-corrected chi connectivity index (χ2v) is 15.6. The molecule has 0 saturated heterocycles. The van der Waals surface area contributed by atoms with Crippen LogP contribution < -0.4 is 28.9 Å². The van der Waals surface area contributed by atoms with Crippen LogP contribution in [0, 0.1) is 6.92 Å². The van der Waals surface area contributed by atoms with E-state index in [4.69, 9.17) is 29.2 Å². The second-order valence-electron chi connectivity index (χ2n) is 15.6. The largest absolute Gasteiger partial charge is 0.497 e. The minimum absolute atomic E-state index is 0.702. The van der Waals surface area contributed by atoms with Crippen molar-refractivity contribution < 1.29 is 14.2 Å². The number of ether oxygens (including phenoxy) is 3. The number of methoxy groups -OCH3 is 3. The molecule has 0 spiro atoms. The summed E-state index contributed by atoms with van der Waals surface area (Å²) in [4.78, 5) is 22.6. The Labute approximate surface area is 363 Å². The molecule has 11 rings (SSSR count). The number of aryl methyl sites for hydroxylation is 1. The number of rotatable bonds is 10. The van der Waals surface area contributed by atoms with Crippen LogP contribution in [0.4, 0.5) is 39.8 Å². The van der Waals surface area contributed by atoms with Gasteiger partial charge >= 0.3 is 0 Å². The predicted octanol–water partition coefficient (Wildman–Crippen LogP) is 11.4. The van der Waals surface area contributed by atoms with Gasteiger partial charge in [0.15, 0.2) is 0 Å². The van der Waals surface area contributed by atoms with Crippen molar-refractivity contribution in [2.24, 2.45) is 0 Å². The predicted molar refractivity (Wildman–Crippen MR) is 253 cm³/mol. The van der Waals surface area contributed by atoms with Crippen molar-refractivity contribution >= 4 is 90.2 Å². The fourth-order valence-corrected chi connectivity index (χ4v) is 8.53. The molecule has 310 valence electrons. The third kappa shape index (κ3) is 6.17. The highest BCUT2D eigenvalue weighted by atomic mass is 16.5. The maximum atomic E-state index is 5.54. The summed E-state index contributed by atoms with van der Waals surface area (Å²) < 4.78 is 22.9. The number of nitrogens with zero attached hydrogens (tertiary/aromatic N) is 9. The van der Waals surface area contributed by atoms with Crippen molar-refractivity contribution in [3.05, 3.63) is 157 Å². The molecule has 12 nitrogen and oxygen atoms in total. The van der Waals surface area contributed by atoms with Crippen molar-refractivity contribution in [3.8, 4) is 17.2 Å². The van der Waals surface area contributed by atoms with E-state index in [1.807, 2.05) is 36.4 Å². The van der Waals surface area contributed by atoms with E-state index < -0.39 is 0 Å². The van der Waals surface area contributed by atoms with E-state index in [2.05, 4.69) is 164 Å². The van der Waals surface area contributed by atoms with Crippen LogP contribution in [0.3, 0.4) is 0 Å². The third-order valence-electron chi connectivity index (χ3n) is 12.0. The van der Waals surface area contributed by atoms with Gasteiger partial charge in [-0.15, -0.1) is 0 Å². The molecular formula is C51H43N9O3. The van der Waals surface area contributed by atoms with Crippen LogP contribution >= 0.6 is 0 Å². The van der Waals surface area contributed by atoms with Crippen LogP contribution in [-0.2, 0) is 0 Å². The Morgan fingerprint density at radius 2 is 0.667 bits per heavy atom. The summed E-state index contributed by atoms with van der Waals surface area (Å²) in [5.74, 6) is 4.52. The van der Waals surface area contributed by atoms with Crippen molar-refractivity contribution in [2.45, 2.75) is 6.92 Å². The van der Waals surface area contributed by atoms with E-state index >= 15 is 0 Å². The Hall–Kier alpha value is -8.25. The van der Waals surface area contributed by atoms with E-state index in [0.29, 0.717) is 17.3 Å². The first-order valence-electron chi connectivity index (χ1n) is 20.7. The lowest BCUT2D eigenvalue weighted by atomic mass is 10.1. The van der Waals surface area contributed by atoms with Gasteiger partial charge in [0.1, 0.15) is 17.2 Å². The highest BCUT2D eigenvalue weighted by Crippen LogP contribution is 2.39. The van der Waals surface area contributed by atoms with Gasteiger partial charge < -0.3 is 28.9 Å². The summed E-state index contributed by atoms with van der Waals surface area (Å²) in [6.45, 7) is 2.10. The number of hydrogen-bond donors (Lipinski definition) is 0. The first-order chi connectivity index (χ1) is 30.8. The first-order valence-corrected chi connectivity index (χ1v) is 20.7. The Balaban J connectivity index is 1.18. The van der Waals surface area contributed by atoms with E-state index in [0.717, 1.165) is 90.2 Å². The van der Waals surface area contributed by atoms with Gasteiger partial charge in [-0.1, -0.05) is 17.7 Å². The lowest BCUT2D eigenvalue weighted by molar-refractivity contribution is 0.414. The summed E-state index contributed by atoms with van der Waals surface area (Å²) >= 11 is 0. The quantitative estimate of drug-likeness (QED) is 0.134. The number of imidazole rings is 3. The molecule has 0 unspecified atom stereocenters. The number of aromatic nitrogens is 6. The van der Waals surface area contributed by atoms with Gasteiger partial charge in [-0.3, -0.25) is 0 Å². The molecule has 4 aromatic heterocycles. The van der Waals surface area contributed by atoms with Crippen LogP contribution in [0.25, 0.3) is 50.4 Å². The van der Waals surface area contributed by atoms with E-state index in [1.54, 1.807) is 21.3 Å². The Morgan fingerprint density at radius 3 is 1.03 bits per heavy atom. The standard InChI is InChI=1S/C51H43N9O3/c1-32-7-9-35(10-8-32)57(36-15-24-42(63-6)25-16-36)39-19-28-45-48(31-39)60-50-53-44-27-18-38(56(3)34-13-22-41(62-5)23-14-34)30-47(44)58(50)49-52-43-26-17-37(29-46(43)59(49)51(60)54-45)55(2)33-11-20-40(61-4)21-12-33/h7-31H,1-6H3. The van der Waals surface area contributed by atoms with Gasteiger partial charge in [-0.05, 0) is 146 Å². The monoisotopic (exact) mass is 829 g/mol. The van der Waals surface area contributed by atoms with Gasteiger partial charge in [0.25, 0.3) is 0 Å². The Morgan fingerprint density at radius 1 is 0.365 bits per heavy atom. The summed E-state index contributed by atoms with van der Waals surface area (Å²) in [5, 5.41) is 0. The lowest BCUT2D eigenvalue weighted by Crippen LogP contribution is -2.10. The number of hydrogen-bond acceptors (Lipinski definition) is 9. The van der Waals surface area contributed by atoms with Gasteiger partial charge in [-0.25, -0.2) is 28.2 Å². The summed E-state index contributed by atoms with van der Waals surface area (Å²) in [5.41, 5.74) is 13.5. The zero-order chi connectivity index (χ0) is 42.9. The molecule has 12 heteroatoms. The molecule has 0 saturated carbocycles. The molecule has 0 fully saturated rings. The fraction of sp³-hybridized carbons (Fsp3) is 0.118. The van der Waals surface area contributed by atoms with Gasteiger partial charge in [0.2, 0.25) is 17.3 Å². The normalized spacial score (nSPS) is 11.7. The zero-order valence-electron chi connectivity index (χ0n) is 35.7. The Kier molecular flexibility index (Phi) is 8.82. The van der Waals surface area contributed by atoms with Crippen LogP contribution in [0.1, 0.15) is 5.56 Å². The summed E-state index contributed by atoms with van der Waals surface area (Å²) in [7, 11) is 9.18. The Bertz CT molecular complexity index is 3410. The van der Waals surface area contributed by atoms with Crippen LogP contribution in [0.5, 0.6) is 17.2 Å². The minimum Gasteiger partial charge on any atom is -0.497 e. The zero-order valence-corrected chi connectivity index (χ0v) is 35.7. The van der Waals surface area contributed by atoms with E-state index in [9.17, 15) is 0 Å².